The van der Waals surface area contributed by atoms with Gasteiger partial charge in [0, 0.05) is 18.7 Å². The zero-order valence-corrected chi connectivity index (χ0v) is 9.81. The number of aromatic nitrogens is 2. The van der Waals surface area contributed by atoms with E-state index in [1.807, 2.05) is 0 Å². The van der Waals surface area contributed by atoms with E-state index in [2.05, 4.69) is 5.10 Å². The smallest absolute Gasteiger partial charge is 0.197 e. The van der Waals surface area contributed by atoms with Crippen LogP contribution in [0.1, 0.15) is 0 Å². The van der Waals surface area contributed by atoms with Gasteiger partial charge in [-0.05, 0) is 12.1 Å². The van der Waals surface area contributed by atoms with Crippen molar-refractivity contribution in [2.45, 2.75) is 0 Å². The molecule has 1 aliphatic heterocycles. The highest BCUT2D eigenvalue weighted by atomic mass is 19.1. The average molecular weight is 249 g/mol. The van der Waals surface area contributed by atoms with Crippen LogP contribution in [0.4, 0.5) is 10.2 Å². The Hall–Kier alpha value is -2.24. The number of ether oxygens (including phenoxy) is 2. The number of aryl methyl sites for hydroxylation is 1. The van der Waals surface area contributed by atoms with Crippen LogP contribution in [0.5, 0.6) is 11.5 Å². The maximum absolute atomic E-state index is 13.6. The fourth-order valence-corrected chi connectivity index (χ4v) is 1.92. The van der Waals surface area contributed by atoms with Crippen LogP contribution in [-0.2, 0) is 7.05 Å². The number of rotatable bonds is 1. The van der Waals surface area contributed by atoms with Crippen molar-refractivity contribution in [2.75, 3.05) is 18.9 Å². The molecular weight excluding hydrogens is 237 g/mol. The molecule has 0 saturated heterocycles. The predicted octanol–water partition coefficient (Wildman–Crippen LogP) is 1.58. The van der Waals surface area contributed by atoms with Crippen LogP contribution in [0.15, 0.2) is 18.2 Å². The minimum Gasteiger partial charge on any atom is -0.485 e. The second-order valence-corrected chi connectivity index (χ2v) is 4.03. The van der Waals surface area contributed by atoms with Gasteiger partial charge in [0.15, 0.2) is 17.3 Å². The molecule has 2 aromatic rings. The van der Waals surface area contributed by atoms with E-state index < -0.39 is 5.82 Å². The molecule has 94 valence electrons. The monoisotopic (exact) mass is 249 g/mol. The number of nitrogens with two attached hydrogens (primary N) is 1. The Morgan fingerprint density at radius 3 is 2.67 bits per heavy atom. The molecule has 0 spiro atoms. The molecule has 1 aromatic carbocycles. The third kappa shape index (κ3) is 1.57. The summed E-state index contributed by atoms with van der Waals surface area (Å²) in [4.78, 5) is 0. The van der Waals surface area contributed by atoms with Crippen molar-refractivity contribution in [1.82, 2.24) is 9.78 Å². The van der Waals surface area contributed by atoms with Crippen LogP contribution < -0.4 is 15.2 Å². The highest BCUT2D eigenvalue weighted by molar-refractivity contribution is 5.73. The van der Waals surface area contributed by atoms with Gasteiger partial charge in [0.2, 0.25) is 0 Å². The van der Waals surface area contributed by atoms with Crippen molar-refractivity contribution < 1.29 is 13.9 Å². The molecule has 0 bridgehead atoms. The molecule has 0 saturated carbocycles. The van der Waals surface area contributed by atoms with Crippen molar-refractivity contribution in [2.24, 2.45) is 7.05 Å². The molecule has 18 heavy (non-hydrogen) atoms. The van der Waals surface area contributed by atoms with Crippen LogP contribution in [-0.4, -0.2) is 23.0 Å². The van der Waals surface area contributed by atoms with Crippen LogP contribution in [0.3, 0.4) is 0 Å². The summed E-state index contributed by atoms with van der Waals surface area (Å²) in [7, 11) is 1.74. The maximum Gasteiger partial charge on any atom is 0.197 e. The molecule has 6 heteroatoms. The Labute approximate surface area is 103 Å². The first-order chi connectivity index (χ1) is 8.66. The van der Waals surface area contributed by atoms with Crippen molar-refractivity contribution in [3.05, 3.63) is 24.0 Å². The van der Waals surface area contributed by atoms with Crippen molar-refractivity contribution in [3.63, 3.8) is 0 Å². The Balaban J connectivity index is 2.18. The van der Waals surface area contributed by atoms with Gasteiger partial charge in [0.05, 0.1) is 5.69 Å². The molecule has 2 heterocycles. The molecule has 0 aliphatic carbocycles. The lowest BCUT2D eigenvalue weighted by atomic mass is 10.1. The van der Waals surface area contributed by atoms with E-state index >= 15 is 0 Å². The van der Waals surface area contributed by atoms with Gasteiger partial charge in [-0.15, -0.1) is 0 Å². The largest absolute Gasteiger partial charge is 0.485 e. The maximum atomic E-state index is 13.6. The quantitative estimate of drug-likeness (QED) is 0.833. The van der Waals surface area contributed by atoms with E-state index in [9.17, 15) is 4.39 Å². The first-order valence-corrected chi connectivity index (χ1v) is 5.55. The Kier molecular flexibility index (Phi) is 2.36. The van der Waals surface area contributed by atoms with E-state index in [4.69, 9.17) is 15.2 Å². The van der Waals surface area contributed by atoms with Crippen LogP contribution in [0, 0.1) is 5.82 Å². The number of benzene rings is 1. The standard InChI is InChI=1S/C12H12FN3O2/c1-16-10(14)6-9(15-16)7-2-3-8(13)12-11(7)17-4-5-18-12/h2-3,6H,4-5,14H2,1H3. The Morgan fingerprint density at radius 2 is 2.00 bits per heavy atom. The number of halogens is 1. The number of fused-ring (bicyclic) bond motifs is 1. The SMILES string of the molecule is Cn1nc(-c2ccc(F)c3c2OCCO3)cc1N. The minimum atomic E-state index is -0.433. The molecule has 0 atom stereocenters. The van der Waals surface area contributed by atoms with Crippen molar-refractivity contribution in [1.29, 1.82) is 0 Å². The number of nitrogens with zero attached hydrogens (tertiary/aromatic N) is 2. The zero-order valence-electron chi connectivity index (χ0n) is 9.81. The van der Waals surface area contributed by atoms with E-state index in [0.29, 0.717) is 36.0 Å². The first-order valence-electron chi connectivity index (χ1n) is 5.55. The minimum absolute atomic E-state index is 0.142. The Bertz CT molecular complexity index is 590. The average Bonchev–Trinajstić information content (AvgIpc) is 2.70. The summed E-state index contributed by atoms with van der Waals surface area (Å²) in [6.07, 6.45) is 0. The predicted molar refractivity (Wildman–Crippen MR) is 64.0 cm³/mol. The van der Waals surface area contributed by atoms with Gasteiger partial charge < -0.3 is 15.2 Å². The Morgan fingerprint density at radius 1 is 1.28 bits per heavy atom. The number of nitrogen functional groups attached to an aromatic ring is 1. The van der Waals surface area contributed by atoms with Crippen LogP contribution >= 0.6 is 0 Å². The van der Waals surface area contributed by atoms with E-state index in [1.165, 1.54) is 6.07 Å². The molecule has 0 radical (unpaired) electrons. The summed E-state index contributed by atoms with van der Waals surface area (Å²) in [6.45, 7) is 0.740. The highest BCUT2D eigenvalue weighted by Crippen LogP contribution is 2.41. The molecular formula is C12H12FN3O2. The van der Waals surface area contributed by atoms with Gasteiger partial charge in [-0.25, -0.2) is 4.39 Å². The molecule has 1 aromatic heterocycles. The molecule has 5 nitrogen and oxygen atoms in total. The van der Waals surface area contributed by atoms with Gasteiger partial charge >= 0.3 is 0 Å². The van der Waals surface area contributed by atoms with E-state index in [1.54, 1.807) is 23.9 Å². The molecule has 0 fully saturated rings. The third-order valence-corrected chi connectivity index (χ3v) is 2.83. The number of hydrogen-bond acceptors (Lipinski definition) is 4. The third-order valence-electron chi connectivity index (χ3n) is 2.83. The van der Waals surface area contributed by atoms with Gasteiger partial charge in [0.25, 0.3) is 0 Å². The summed E-state index contributed by atoms with van der Waals surface area (Å²) in [6, 6.07) is 4.67. The summed E-state index contributed by atoms with van der Waals surface area (Å²) in [5.41, 5.74) is 7.05. The highest BCUT2D eigenvalue weighted by Gasteiger charge is 2.22. The lowest BCUT2D eigenvalue weighted by molar-refractivity contribution is 0.165. The second-order valence-electron chi connectivity index (χ2n) is 4.03. The molecule has 1 aliphatic rings. The summed E-state index contributed by atoms with van der Waals surface area (Å²) < 4.78 is 25.9. The molecule has 0 unspecified atom stereocenters. The zero-order chi connectivity index (χ0) is 12.7. The van der Waals surface area contributed by atoms with Gasteiger partial charge in [-0.2, -0.15) is 5.10 Å². The number of hydrogen-bond donors (Lipinski definition) is 1. The lowest BCUT2D eigenvalue weighted by Gasteiger charge is -2.20. The first kappa shape index (κ1) is 10.9. The number of anilines is 1. The molecule has 3 rings (SSSR count). The summed E-state index contributed by atoms with van der Waals surface area (Å²) in [5.74, 6) is 0.625. The summed E-state index contributed by atoms with van der Waals surface area (Å²) >= 11 is 0. The fourth-order valence-electron chi connectivity index (χ4n) is 1.92. The molecule has 2 N–H and O–H groups in total. The van der Waals surface area contributed by atoms with Crippen molar-refractivity contribution in [3.8, 4) is 22.8 Å². The van der Waals surface area contributed by atoms with Crippen LogP contribution in [0.2, 0.25) is 0 Å². The van der Waals surface area contributed by atoms with Gasteiger partial charge in [0.1, 0.15) is 19.0 Å². The van der Waals surface area contributed by atoms with Gasteiger partial charge in [-0.3, -0.25) is 4.68 Å². The summed E-state index contributed by atoms with van der Waals surface area (Å²) in [5, 5.41) is 4.25. The van der Waals surface area contributed by atoms with E-state index in [-0.39, 0.29) is 5.75 Å². The van der Waals surface area contributed by atoms with Crippen LogP contribution in [0.25, 0.3) is 11.3 Å². The van der Waals surface area contributed by atoms with Gasteiger partial charge in [-0.1, -0.05) is 0 Å². The lowest BCUT2D eigenvalue weighted by Crippen LogP contribution is -2.17. The topological polar surface area (TPSA) is 62.3 Å². The normalized spacial score (nSPS) is 13.7. The van der Waals surface area contributed by atoms with Crippen molar-refractivity contribution >= 4 is 5.82 Å². The second kappa shape index (κ2) is 3.90. The fraction of sp³-hybridized carbons (Fsp3) is 0.250. The van der Waals surface area contributed by atoms with E-state index in [0.717, 1.165) is 0 Å². The molecule has 0 amide bonds.